The number of fused-ring (bicyclic) bond motifs is 1. The smallest absolute Gasteiger partial charge is 0.102 e. The fraction of sp³-hybridized carbons (Fsp3) is 0.478. The van der Waals surface area contributed by atoms with Crippen molar-refractivity contribution in [3.63, 3.8) is 0 Å². The van der Waals surface area contributed by atoms with Crippen LogP contribution in [0.3, 0.4) is 0 Å². The van der Waals surface area contributed by atoms with Crippen LogP contribution in [0.4, 0.5) is 0 Å². The molecule has 2 heteroatoms. The zero-order valence-electron chi connectivity index (χ0n) is 14.9. The standard InChI is InChI=1S/C23H26N2/c24-16-20-22(17-10-4-1-5-11-17)19-14-8-3-9-15-21(19)25-23(20)18-12-6-2-7-13-18/h1,4-5,10-11,18H,2-3,6-9,12-15H2. The fourth-order valence-corrected chi connectivity index (χ4v) is 4.65. The number of benzene rings is 1. The Hall–Kier alpha value is -2.14. The van der Waals surface area contributed by atoms with Gasteiger partial charge in [0.05, 0.1) is 11.3 Å². The summed E-state index contributed by atoms with van der Waals surface area (Å²) in [6.07, 6.45) is 12.1. The van der Waals surface area contributed by atoms with Crippen LogP contribution in [-0.2, 0) is 12.8 Å². The molecule has 1 heterocycles. The molecule has 2 aliphatic rings. The van der Waals surface area contributed by atoms with Gasteiger partial charge in [-0.3, -0.25) is 4.98 Å². The molecular formula is C23H26N2. The highest BCUT2D eigenvalue weighted by Gasteiger charge is 2.27. The molecule has 4 rings (SSSR count). The van der Waals surface area contributed by atoms with E-state index >= 15 is 0 Å². The van der Waals surface area contributed by atoms with Crippen molar-refractivity contribution in [2.75, 3.05) is 0 Å². The van der Waals surface area contributed by atoms with E-state index in [0.29, 0.717) is 5.92 Å². The highest BCUT2D eigenvalue weighted by molar-refractivity contribution is 5.76. The molecule has 0 atom stereocenters. The van der Waals surface area contributed by atoms with Crippen molar-refractivity contribution in [2.24, 2.45) is 0 Å². The number of rotatable bonds is 2. The van der Waals surface area contributed by atoms with Gasteiger partial charge in [0.25, 0.3) is 0 Å². The van der Waals surface area contributed by atoms with Gasteiger partial charge in [0.2, 0.25) is 0 Å². The van der Waals surface area contributed by atoms with E-state index in [4.69, 9.17) is 4.98 Å². The first-order valence-electron chi connectivity index (χ1n) is 9.89. The lowest BCUT2D eigenvalue weighted by Crippen LogP contribution is -2.13. The molecule has 0 N–H and O–H groups in total. The van der Waals surface area contributed by atoms with Gasteiger partial charge in [0.15, 0.2) is 0 Å². The maximum absolute atomic E-state index is 10.1. The highest BCUT2D eigenvalue weighted by atomic mass is 14.7. The lowest BCUT2D eigenvalue weighted by atomic mass is 9.81. The van der Waals surface area contributed by atoms with Crippen molar-refractivity contribution in [1.82, 2.24) is 4.98 Å². The minimum atomic E-state index is 0.472. The molecule has 2 aliphatic carbocycles. The van der Waals surface area contributed by atoms with Crippen molar-refractivity contribution in [3.8, 4) is 17.2 Å². The van der Waals surface area contributed by atoms with Crippen LogP contribution >= 0.6 is 0 Å². The van der Waals surface area contributed by atoms with Gasteiger partial charge in [-0.1, -0.05) is 56.0 Å². The van der Waals surface area contributed by atoms with Crippen LogP contribution < -0.4 is 0 Å². The third-order valence-electron chi connectivity index (χ3n) is 5.92. The largest absolute Gasteiger partial charge is 0.256 e. The number of aryl methyl sites for hydroxylation is 1. The molecule has 2 aromatic rings. The molecule has 1 saturated carbocycles. The highest BCUT2D eigenvalue weighted by Crippen LogP contribution is 2.40. The molecule has 2 nitrogen and oxygen atoms in total. The van der Waals surface area contributed by atoms with Crippen molar-refractivity contribution in [2.45, 2.75) is 70.1 Å². The average Bonchev–Trinajstić information content (AvgIpc) is 2.93. The number of nitriles is 1. The van der Waals surface area contributed by atoms with E-state index in [2.05, 4.69) is 36.4 Å². The van der Waals surface area contributed by atoms with Gasteiger partial charge in [-0.05, 0) is 49.7 Å². The molecule has 1 aromatic heterocycles. The predicted molar refractivity (Wildman–Crippen MR) is 101 cm³/mol. The second-order valence-electron chi connectivity index (χ2n) is 7.55. The molecule has 0 saturated heterocycles. The molecule has 1 aromatic carbocycles. The van der Waals surface area contributed by atoms with Crippen LogP contribution in [-0.4, -0.2) is 4.98 Å². The van der Waals surface area contributed by atoms with Crippen molar-refractivity contribution in [3.05, 3.63) is 52.8 Å². The van der Waals surface area contributed by atoms with E-state index in [1.165, 1.54) is 73.8 Å². The molecule has 0 spiro atoms. The Kier molecular flexibility index (Phi) is 4.83. The second-order valence-corrected chi connectivity index (χ2v) is 7.55. The summed E-state index contributed by atoms with van der Waals surface area (Å²) in [4.78, 5) is 5.13. The first kappa shape index (κ1) is 16.3. The average molecular weight is 330 g/mol. The summed E-state index contributed by atoms with van der Waals surface area (Å²) in [5.74, 6) is 0.472. The van der Waals surface area contributed by atoms with E-state index in [-0.39, 0.29) is 0 Å². The topological polar surface area (TPSA) is 36.7 Å². The molecule has 25 heavy (non-hydrogen) atoms. The maximum atomic E-state index is 10.1. The summed E-state index contributed by atoms with van der Waals surface area (Å²) in [5.41, 5.74) is 6.96. The normalized spacial score (nSPS) is 18.2. The lowest BCUT2D eigenvalue weighted by molar-refractivity contribution is 0.435. The van der Waals surface area contributed by atoms with E-state index in [0.717, 1.165) is 24.1 Å². The Bertz CT molecular complexity index is 780. The number of hydrogen-bond donors (Lipinski definition) is 0. The molecule has 0 amide bonds. The predicted octanol–water partition coefficient (Wildman–Crippen LogP) is 5.94. The first-order valence-corrected chi connectivity index (χ1v) is 9.89. The van der Waals surface area contributed by atoms with Gasteiger partial charge in [0.1, 0.15) is 6.07 Å². The van der Waals surface area contributed by atoms with Crippen molar-refractivity contribution < 1.29 is 0 Å². The third kappa shape index (κ3) is 3.21. The summed E-state index contributed by atoms with van der Waals surface area (Å²) in [5, 5.41) is 10.1. The maximum Gasteiger partial charge on any atom is 0.102 e. The minimum absolute atomic E-state index is 0.472. The van der Waals surface area contributed by atoms with E-state index in [1.807, 2.05) is 0 Å². The number of nitrogens with zero attached hydrogens (tertiary/aromatic N) is 2. The summed E-state index contributed by atoms with van der Waals surface area (Å²) >= 11 is 0. The summed E-state index contributed by atoms with van der Waals surface area (Å²) in [7, 11) is 0. The Labute approximate surface area is 150 Å². The zero-order chi connectivity index (χ0) is 17.1. The lowest BCUT2D eigenvalue weighted by Gasteiger charge is -2.25. The minimum Gasteiger partial charge on any atom is -0.256 e. The molecule has 0 aliphatic heterocycles. The second kappa shape index (κ2) is 7.40. The monoisotopic (exact) mass is 330 g/mol. The Morgan fingerprint density at radius 1 is 0.880 bits per heavy atom. The van der Waals surface area contributed by atoms with Crippen LogP contribution in [0.15, 0.2) is 30.3 Å². The quantitative estimate of drug-likeness (QED) is 0.639. The third-order valence-corrected chi connectivity index (χ3v) is 5.92. The molecule has 0 bridgehead atoms. The van der Waals surface area contributed by atoms with E-state index < -0.39 is 0 Å². The molecular weight excluding hydrogens is 304 g/mol. The van der Waals surface area contributed by atoms with Gasteiger partial charge >= 0.3 is 0 Å². The number of aromatic nitrogens is 1. The number of hydrogen-bond acceptors (Lipinski definition) is 2. The Morgan fingerprint density at radius 2 is 1.60 bits per heavy atom. The van der Waals surface area contributed by atoms with Crippen molar-refractivity contribution in [1.29, 1.82) is 5.26 Å². The zero-order valence-corrected chi connectivity index (χ0v) is 14.9. The fourth-order valence-electron chi connectivity index (χ4n) is 4.65. The van der Waals surface area contributed by atoms with Crippen LogP contribution in [0.25, 0.3) is 11.1 Å². The van der Waals surface area contributed by atoms with Gasteiger partial charge in [0, 0.05) is 17.2 Å². The Morgan fingerprint density at radius 3 is 2.36 bits per heavy atom. The molecule has 128 valence electrons. The molecule has 1 fully saturated rings. The van der Waals surface area contributed by atoms with Gasteiger partial charge < -0.3 is 0 Å². The van der Waals surface area contributed by atoms with Crippen molar-refractivity contribution >= 4 is 0 Å². The van der Waals surface area contributed by atoms with Crippen LogP contribution in [0.1, 0.15) is 79.8 Å². The van der Waals surface area contributed by atoms with E-state index in [9.17, 15) is 5.26 Å². The molecule has 0 unspecified atom stereocenters. The first-order chi connectivity index (χ1) is 12.4. The van der Waals surface area contributed by atoms with Gasteiger partial charge in [-0.15, -0.1) is 0 Å². The van der Waals surface area contributed by atoms with Crippen LogP contribution in [0.5, 0.6) is 0 Å². The number of pyridine rings is 1. The van der Waals surface area contributed by atoms with Gasteiger partial charge in [-0.25, -0.2) is 0 Å². The Balaban J connectivity index is 1.94. The molecule has 0 radical (unpaired) electrons. The summed E-state index contributed by atoms with van der Waals surface area (Å²) < 4.78 is 0. The summed E-state index contributed by atoms with van der Waals surface area (Å²) in [6, 6.07) is 13.1. The summed E-state index contributed by atoms with van der Waals surface area (Å²) in [6.45, 7) is 0. The SMILES string of the molecule is N#Cc1c(C2CCCCC2)nc2c(c1-c1ccccc1)CCCCC2. The van der Waals surface area contributed by atoms with Crippen LogP contribution in [0, 0.1) is 11.3 Å². The van der Waals surface area contributed by atoms with Gasteiger partial charge in [-0.2, -0.15) is 5.26 Å². The van der Waals surface area contributed by atoms with Crippen LogP contribution in [0.2, 0.25) is 0 Å². The van der Waals surface area contributed by atoms with E-state index in [1.54, 1.807) is 0 Å².